The van der Waals surface area contributed by atoms with Gasteiger partial charge in [-0.2, -0.15) is 0 Å². The first-order chi connectivity index (χ1) is 14.9. The van der Waals surface area contributed by atoms with Crippen molar-refractivity contribution in [2.75, 3.05) is 11.5 Å². The van der Waals surface area contributed by atoms with E-state index in [9.17, 15) is 4.79 Å². The molecule has 0 saturated carbocycles. The molecule has 156 valence electrons. The fraction of sp³-hybridized carbons (Fsp3) is 0.200. The van der Waals surface area contributed by atoms with Crippen LogP contribution < -0.4 is 9.64 Å². The molecule has 4 aromatic rings. The SMILES string of the molecule is Cc1ccc2c(c1)-c1c(ssc1=S)C(C)(C)N2C(=O)COc1cccc2ccccc12. The number of nitrogens with zero attached hydrogens (tertiary/aromatic N) is 1. The molecule has 0 fully saturated rings. The average Bonchev–Trinajstić information content (AvgIpc) is 3.15. The maximum absolute atomic E-state index is 13.6. The molecule has 0 unspecified atom stereocenters. The minimum Gasteiger partial charge on any atom is -0.483 e. The first-order valence-corrected chi connectivity index (χ1v) is 12.6. The number of rotatable bonds is 3. The van der Waals surface area contributed by atoms with Crippen LogP contribution >= 0.6 is 32.9 Å². The number of ether oxygens (including phenoxy) is 1. The number of hydrogen-bond donors (Lipinski definition) is 0. The first-order valence-electron chi connectivity index (χ1n) is 10.1. The van der Waals surface area contributed by atoms with Crippen molar-refractivity contribution >= 4 is 55.3 Å². The molecule has 1 aliphatic rings. The van der Waals surface area contributed by atoms with E-state index in [1.54, 1.807) is 20.7 Å². The molecule has 3 nitrogen and oxygen atoms in total. The van der Waals surface area contributed by atoms with Gasteiger partial charge in [-0.3, -0.25) is 9.69 Å². The van der Waals surface area contributed by atoms with Gasteiger partial charge in [0.1, 0.15) is 9.57 Å². The quantitative estimate of drug-likeness (QED) is 0.235. The minimum atomic E-state index is -0.505. The summed E-state index contributed by atoms with van der Waals surface area (Å²) < 4.78 is 6.94. The van der Waals surface area contributed by atoms with Crippen molar-refractivity contribution in [2.45, 2.75) is 26.3 Å². The molecule has 2 heterocycles. The molecular weight excluding hydrogens is 442 g/mol. The summed E-state index contributed by atoms with van der Waals surface area (Å²) >= 11 is 5.66. The van der Waals surface area contributed by atoms with Gasteiger partial charge in [0.15, 0.2) is 6.61 Å². The van der Waals surface area contributed by atoms with E-state index in [0.717, 1.165) is 47.6 Å². The van der Waals surface area contributed by atoms with Crippen LogP contribution in [0.1, 0.15) is 24.3 Å². The number of carbonyl (C=O) groups excluding carboxylic acids is 1. The van der Waals surface area contributed by atoms with Gasteiger partial charge >= 0.3 is 0 Å². The van der Waals surface area contributed by atoms with Crippen molar-refractivity contribution in [3.8, 4) is 16.9 Å². The Morgan fingerprint density at radius 2 is 1.84 bits per heavy atom. The number of fused-ring (bicyclic) bond motifs is 4. The highest BCUT2D eigenvalue weighted by atomic mass is 32.9. The maximum atomic E-state index is 13.6. The monoisotopic (exact) mass is 463 g/mol. The Morgan fingerprint density at radius 3 is 2.68 bits per heavy atom. The second-order valence-corrected chi connectivity index (χ2v) is 11.0. The van der Waals surface area contributed by atoms with Crippen LogP contribution in [0.5, 0.6) is 5.75 Å². The topological polar surface area (TPSA) is 29.5 Å². The molecule has 5 rings (SSSR count). The first kappa shape index (κ1) is 20.4. The summed E-state index contributed by atoms with van der Waals surface area (Å²) in [5, 5.41) is 2.10. The lowest BCUT2D eigenvalue weighted by molar-refractivity contribution is -0.121. The highest BCUT2D eigenvalue weighted by molar-refractivity contribution is 7.80. The lowest BCUT2D eigenvalue weighted by Gasteiger charge is -2.43. The number of amides is 1. The van der Waals surface area contributed by atoms with Crippen LogP contribution in [-0.4, -0.2) is 12.5 Å². The highest BCUT2D eigenvalue weighted by Crippen LogP contribution is 2.52. The van der Waals surface area contributed by atoms with E-state index in [0.29, 0.717) is 0 Å². The summed E-state index contributed by atoms with van der Waals surface area (Å²) in [6.45, 7) is 6.20. The molecular formula is C25H21NO2S3. The highest BCUT2D eigenvalue weighted by Gasteiger charge is 2.43. The molecule has 0 N–H and O–H groups in total. The fourth-order valence-electron chi connectivity index (χ4n) is 4.32. The van der Waals surface area contributed by atoms with Crippen LogP contribution in [0.4, 0.5) is 5.69 Å². The number of benzene rings is 3. The summed E-state index contributed by atoms with van der Waals surface area (Å²) in [5.74, 6) is 0.648. The Kier molecular flexibility index (Phi) is 4.96. The van der Waals surface area contributed by atoms with E-state index in [-0.39, 0.29) is 12.5 Å². The van der Waals surface area contributed by atoms with Crippen molar-refractivity contribution in [3.63, 3.8) is 0 Å². The maximum Gasteiger partial charge on any atom is 0.265 e. The van der Waals surface area contributed by atoms with Crippen LogP contribution in [0.15, 0.2) is 60.7 Å². The van der Waals surface area contributed by atoms with Crippen LogP contribution in [-0.2, 0) is 10.3 Å². The summed E-state index contributed by atoms with van der Waals surface area (Å²) in [5.41, 5.74) is 3.68. The molecule has 1 aromatic heterocycles. The molecule has 0 spiro atoms. The number of anilines is 1. The normalized spacial score (nSPS) is 14.2. The van der Waals surface area contributed by atoms with Crippen molar-refractivity contribution in [2.24, 2.45) is 0 Å². The van der Waals surface area contributed by atoms with E-state index in [1.165, 1.54) is 0 Å². The predicted octanol–water partition coefficient (Wildman–Crippen LogP) is 7.33. The Morgan fingerprint density at radius 1 is 1.06 bits per heavy atom. The van der Waals surface area contributed by atoms with Crippen molar-refractivity contribution in [1.29, 1.82) is 0 Å². The van der Waals surface area contributed by atoms with Crippen molar-refractivity contribution < 1.29 is 9.53 Å². The average molecular weight is 464 g/mol. The molecule has 0 atom stereocenters. The lowest BCUT2D eigenvalue weighted by atomic mass is 9.87. The molecule has 0 saturated heterocycles. The Balaban J connectivity index is 1.53. The lowest BCUT2D eigenvalue weighted by Crippen LogP contribution is -2.49. The molecule has 0 aliphatic carbocycles. The van der Waals surface area contributed by atoms with E-state index in [2.05, 4.69) is 26.8 Å². The Hall–Kier alpha value is -2.54. The zero-order valence-electron chi connectivity index (χ0n) is 17.5. The van der Waals surface area contributed by atoms with Gasteiger partial charge in [0.25, 0.3) is 5.91 Å². The van der Waals surface area contributed by atoms with Gasteiger partial charge < -0.3 is 4.74 Å². The van der Waals surface area contributed by atoms with Gasteiger partial charge in [-0.05, 0) is 44.4 Å². The largest absolute Gasteiger partial charge is 0.483 e. The standard InChI is InChI=1S/C25H21NO2S3/c1-15-11-12-19-18(13-15)22-23(30-31-24(22)29)25(2,3)26(19)21(27)14-28-20-10-6-8-16-7-4-5-9-17(16)20/h4-13H,14H2,1-3H3. The van der Waals surface area contributed by atoms with Gasteiger partial charge in [-0.25, -0.2) is 0 Å². The Labute approximate surface area is 193 Å². The number of hydrogen-bond acceptors (Lipinski definition) is 5. The van der Waals surface area contributed by atoms with Crippen LogP contribution in [0.25, 0.3) is 21.9 Å². The van der Waals surface area contributed by atoms with Crippen LogP contribution in [0.2, 0.25) is 0 Å². The van der Waals surface area contributed by atoms with Crippen molar-refractivity contribution in [3.05, 3.63) is 74.9 Å². The summed E-state index contributed by atoms with van der Waals surface area (Å²) in [4.78, 5) is 16.6. The van der Waals surface area contributed by atoms with Gasteiger partial charge in [0.05, 0.1) is 16.1 Å². The molecule has 1 aliphatic heterocycles. The van der Waals surface area contributed by atoms with E-state index in [1.807, 2.05) is 59.5 Å². The smallest absolute Gasteiger partial charge is 0.265 e. The number of carbonyl (C=O) groups is 1. The zero-order valence-corrected chi connectivity index (χ0v) is 19.9. The zero-order chi connectivity index (χ0) is 21.8. The summed E-state index contributed by atoms with van der Waals surface area (Å²) in [7, 11) is 3.27. The third-order valence-corrected chi connectivity index (χ3v) is 9.09. The van der Waals surface area contributed by atoms with E-state index in [4.69, 9.17) is 17.0 Å². The van der Waals surface area contributed by atoms with Gasteiger partial charge in [-0.1, -0.05) is 80.9 Å². The number of aryl methyl sites for hydroxylation is 1. The predicted molar refractivity (Wildman–Crippen MR) is 133 cm³/mol. The molecule has 0 radical (unpaired) electrons. The molecule has 1 amide bonds. The molecule has 3 aromatic carbocycles. The second-order valence-electron chi connectivity index (χ2n) is 8.23. The van der Waals surface area contributed by atoms with Gasteiger partial charge in [0.2, 0.25) is 0 Å². The summed E-state index contributed by atoms with van der Waals surface area (Å²) in [6.07, 6.45) is 0. The second kappa shape index (κ2) is 7.55. The van der Waals surface area contributed by atoms with E-state index < -0.39 is 5.54 Å². The molecule has 6 heteroatoms. The molecule has 0 bridgehead atoms. The molecule has 31 heavy (non-hydrogen) atoms. The Bertz CT molecular complexity index is 1380. The van der Waals surface area contributed by atoms with Crippen LogP contribution in [0, 0.1) is 10.7 Å². The fourth-order valence-corrected chi connectivity index (χ4v) is 7.60. The van der Waals surface area contributed by atoms with Gasteiger partial charge in [-0.15, -0.1) is 0 Å². The third kappa shape index (κ3) is 3.30. The van der Waals surface area contributed by atoms with Gasteiger partial charge in [0, 0.05) is 16.5 Å². The summed E-state index contributed by atoms with van der Waals surface area (Å²) in [6, 6.07) is 20.2. The third-order valence-electron chi connectivity index (χ3n) is 5.76. The minimum absolute atomic E-state index is 0.0321. The van der Waals surface area contributed by atoms with Crippen molar-refractivity contribution in [1.82, 2.24) is 0 Å². The van der Waals surface area contributed by atoms with E-state index >= 15 is 0 Å². The van der Waals surface area contributed by atoms with Crippen LogP contribution in [0.3, 0.4) is 0 Å².